The lowest BCUT2D eigenvalue weighted by Gasteiger charge is -2.15. The minimum Gasteiger partial charge on any atom is -0.339 e. The van der Waals surface area contributed by atoms with Gasteiger partial charge in [-0.25, -0.2) is 0 Å². The highest BCUT2D eigenvalue weighted by Gasteiger charge is 2.19. The highest BCUT2D eigenvalue weighted by Crippen LogP contribution is 2.15. The van der Waals surface area contributed by atoms with Crippen molar-refractivity contribution in [2.24, 2.45) is 0 Å². The van der Waals surface area contributed by atoms with Crippen molar-refractivity contribution in [2.45, 2.75) is 51.9 Å². The normalized spacial score (nSPS) is 13.9. The quantitative estimate of drug-likeness (QED) is 0.639. The van der Waals surface area contributed by atoms with Gasteiger partial charge in [-0.15, -0.1) is 0 Å². The Bertz CT molecular complexity index is 536. The van der Waals surface area contributed by atoms with Crippen molar-refractivity contribution in [1.82, 2.24) is 10.2 Å². The zero-order chi connectivity index (χ0) is 17.9. The summed E-state index contributed by atoms with van der Waals surface area (Å²) in [4.78, 5) is 26.1. The van der Waals surface area contributed by atoms with Crippen LogP contribution >= 0.6 is 0 Å². The number of nitrogens with zero attached hydrogens (tertiary/aromatic N) is 1. The van der Waals surface area contributed by atoms with Gasteiger partial charge >= 0.3 is 0 Å². The van der Waals surface area contributed by atoms with Gasteiger partial charge in [0.25, 0.3) is 5.91 Å². The minimum absolute atomic E-state index is 0.0489. The maximum Gasteiger partial charge on any atom is 0.253 e. The van der Waals surface area contributed by atoms with E-state index in [-0.39, 0.29) is 11.8 Å². The molecule has 25 heavy (non-hydrogen) atoms. The third-order valence-corrected chi connectivity index (χ3v) is 4.55. The number of hydrogen-bond donors (Lipinski definition) is 2. The van der Waals surface area contributed by atoms with E-state index in [0.29, 0.717) is 12.1 Å². The summed E-state index contributed by atoms with van der Waals surface area (Å²) < 4.78 is 0. The van der Waals surface area contributed by atoms with E-state index in [2.05, 4.69) is 17.6 Å². The Labute approximate surface area is 151 Å². The molecule has 0 aromatic heterocycles. The molecule has 138 valence electrons. The number of unbranched alkanes of at least 4 members (excludes halogenated alkanes) is 4. The lowest BCUT2D eigenvalue weighted by atomic mass is 10.1. The Kier molecular flexibility index (Phi) is 8.46. The van der Waals surface area contributed by atoms with Gasteiger partial charge in [0.1, 0.15) is 0 Å². The van der Waals surface area contributed by atoms with Gasteiger partial charge in [-0.1, -0.05) is 32.6 Å². The van der Waals surface area contributed by atoms with Crippen LogP contribution in [0.2, 0.25) is 0 Å². The molecule has 0 spiro atoms. The number of anilines is 1. The molecule has 0 atom stereocenters. The van der Waals surface area contributed by atoms with Crippen LogP contribution < -0.4 is 10.6 Å². The first-order valence-corrected chi connectivity index (χ1v) is 9.60. The average molecular weight is 345 g/mol. The topological polar surface area (TPSA) is 61.4 Å². The van der Waals surface area contributed by atoms with E-state index >= 15 is 0 Å². The third-order valence-electron chi connectivity index (χ3n) is 4.55. The lowest BCUT2D eigenvalue weighted by molar-refractivity contribution is -0.115. The summed E-state index contributed by atoms with van der Waals surface area (Å²) in [6.07, 6.45) is 8.31. The third kappa shape index (κ3) is 6.86. The molecule has 1 aromatic carbocycles. The van der Waals surface area contributed by atoms with Crippen LogP contribution in [0.3, 0.4) is 0 Å². The van der Waals surface area contributed by atoms with Crippen LogP contribution in [0.1, 0.15) is 62.2 Å². The van der Waals surface area contributed by atoms with E-state index in [1.54, 1.807) is 24.3 Å². The Morgan fingerprint density at radius 3 is 2.36 bits per heavy atom. The number of benzene rings is 1. The van der Waals surface area contributed by atoms with Crippen molar-refractivity contribution in [1.29, 1.82) is 0 Å². The smallest absolute Gasteiger partial charge is 0.253 e. The van der Waals surface area contributed by atoms with Gasteiger partial charge in [0.05, 0.1) is 6.54 Å². The number of carbonyl (C=O) groups excluding carboxylic acids is 2. The summed E-state index contributed by atoms with van der Waals surface area (Å²) in [5, 5.41) is 6.04. The van der Waals surface area contributed by atoms with E-state index in [4.69, 9.17) is 0 Å². The molecular weight excluding hydrogens is 314 g/mol. The molecule has 1 aliphatic rings. The first kappa shape index (κ1) is 19.4. The Hall–Kier alpha value is -1.88. The van der Waals surface area contributed by atoms with Crippen molar-refractivity contribution in [2.75, 3.05) is 31.5 Å². The summed E-state index contributed by atoms with van der Waals surface area (Å²) in [6, 6.07) is 7.17. The van der Waals surface area contributed by atoms with E-state index < -0.39 is 0 Å². The molecule has 2 amide bonds. The number of nitrogens with one attached hydrogen (secondary N) is 2. The van der Waals surface area contributed by atoms with E-state index in [1.165, 1.54) is 25.7 Å². The van der Waals surface area contributed by atoms with Crippen LogP contribution in [0, 0.1) is 0 Å². The predicted molar refractivity (Wildman–Crippen MR) is 102 cm³/mol. The molecule has 0 bridgehead atoms. The minimum atomic E-state index is -0.0489. The van der Waals surface area contributed by atoms with Crippen molar-refractivity contribution < 1.29 is 9.59 Å². The molecule has 1 heterocycles. The first-order valence-electron chi connectivity index (χ1n) is 9.60. The highest BCUT2D eigenvalue weighted by molar-refractivity contribution is 5.96. The second-order valence-electron chi connectivity index (χ2n) is 6.72. The maximum absolute atomic E-state index is 12.3. The maximum atomic E-state index is 12.3. The molecule has 1 aliphatic heterocycles. The Balaban J connectivity index is 1.66. The van der Waals surface area contributed by atoms with E-state index in [1.807, 2.05) is 4.90 Å². The van der Waals surface area contributed by atoms with Gasteiger partial charge in [-0.2, -0.15) is 0 Å². The van der Waals surface area contributed by atoms with Crippen LogP contribution in [0.25, 0.3) is 0 Å². The molecule has 5 nitrogen and oxygen atoms in total. The van der Waals surface area contributed by atoms with E-state index in [9.17, 15) is 9.59 Å². The van der Waals surface area contributed by atoms with Crippen LogP contribution in [-0.2, 0) is 4.79 Å². The molecule has 1 aromatic rings. The van der Waals surface area contributed by atoms with Crippen molar-refractivity contribution in [3.05, 3.63) is 29.8 Å². The van der Waals surface area contributed by atoms with Gasteiger partial charge < -0.3 is 15.5 Å². The van der Waals surface area contributed by atoms with Gasteiger partial charge in [0, 0.05) is 24.3 Å². The summed E-state index contributed by atoms with van der Waals surface area (Å²) in [5.74, 6) is 0.0345. The van der Waals surface area contributed by atoms with Gasteiger partial charge in [-0.3, -0.25) is 9.59 Å². The summed E-state index contributed by atoms with van der Waals surface area (Å²) in [5.41, 5.74) is 1.41. The van der Waals surface area contributed by atoms with Crippen LogP contribution in [0.5, 0.6) is 0 Å². The molecular formula is C20H31N3O2. The van der Waals surface area contributed by atoms with E-state index in [0.717, 1.165) is 44.6 Å². The fourth-order valence-electron chi connectivity index (χ4n) is 3.06. The lowest BCUT2D eigenvalue weighted by Crippen LogP contribution is -2.29. The molecule has 1 fully saturated rings. The van der Waals surface area contributed by atoms with Crippen LogP contribution in [0.15, 0.2) is 24.3 Å². The second-order valence-corrected chi connectivity index (χ2v) is 6.72. The molecule has 0 radical (unpaired) electrons. The number of rotatable bonds is 10. The summed E-state index contributed by atoms with van der Waals surface area (Å²) in [7, 11) is 0. The molecule has 2 rings (SSSR count). The van der Waals surface area contributed by atoms with Crippen molar-refractivity contribution in [3.63, 3.8) is 0 Å². The van der Waals surface area contributed by atoms with Crippen molar-refractivity contribution in [3.8, 4) is 0 Å². The molecule has 2 N–H and O–H groups in total. The SMILES string of the molecule is CCCCCCCNCC(=O)Nc1ccc(C(=O)N2CCCC2)cc1. The number of likely N-dealkylation sites (tertiary alicyclic amines) is 1. The fraction of sp³-hybridized carbons (Fsp3) is 0.600. The second kappa shape index (κ2) is 10.9. The molecule has 0 saturated carbocycles. The first-order chi connectivity index (χ1) is 12.2. The monoisotopic (exact) mass is 345 g/mol. The standard InChI is InChI=1S/C20H31N3O2/c1-2-3-4-5-6-13-21-16-19(24)22-18-11-9-17(10-12-18)20(25)23-14-7-8-15-23/h9-12,21H,2-8,13-16H2,1H3,(H,22,24). The van der Waals surface area contributed by atoms with Gasteiger partial charge in [0.2, 0.25) is 5.91 Å². The molecule has 0 aliphatic carbocycles. The number of carbonyl (C=O) groups is 2. The number of hydrogen-bond acceptors (Lipinski definition) is 3. The molecule has 0 unspecified atom stereocenters. The Morgan fingerprint density at radius 1 is 1.00 bits per heavy atom. The van der Waals surface area contributed by atoms with Crippen LogP contribution in [0.4, 0.5) is 5.69 Å². The fourth-order valence-corrected chi connectivity index (χ4v) is 3.06. The summed E-state index contributed by atoms with van der Waals surface area (Å²) in [6.45, 7) is 5.10. The zero-order valence-corrected chi connectivity index (χ0v) is 15.4. The average Bonchev–Trinajstić information content (AvgIpc) is 3.15. The van der Waals surface area contributed by atoms with Gasteiger partial charge in [-0.05, 0) is 50.1 Å². The molecule has 1 saturated heterocycles. The van der Waals surface area contributed by atoms with Gasteiger partial charge in [0.15, 0.2) is 0 Å². The van der Waals surface area contributed by atoms with Crippen LogP contribution in [-0.4, -0.2) is 42.9 Å². The molecule has 5 heteroatoms. The predicted octanol–water partition coefficient (Wildman–Crippen LogP) is 3.42. The summed E-state index contributed by atoms with van der Waals surface area (Å²) >= 11 is 0. The Morgan fingerprint density at radius 2 is 1.68 bits per heavy atom. The zero-order valence-electron chi connectivity index (χ0n) is 15.4. The highest BCUT2D eigenvalue weighted by atomic mass is 16.2. The number of amides is 2. The van der Waals surface area contributed by atoms with Crippen molar-refractivity contribution >= 4 is 17.5 Å². The largest absolute Gasteiger partial charge is 0.339 e.